The van der Waals surface area contributed by atoms with Gasteiger partial charge in [-0.3, -0.25) is 9.59 Å². The van der Waals surface area contributed by atoms with E-state index in [1.807, 2.05) is 19.1 Å². The summed E-state index contributed by atoms with van der Waals surface area (Å²) in [5.74, 6) is 0.172. The summed E-state index contributed by atoms with van der Waals surface area (Å²) in [6.45, 7) is 9.46. The number of hydrogen-bond acceptors (Lipinski definition) is 3. The second-order valence-corrected chi connectivity index (χ2v) is 5.86. The molecule has 0 radical (unpaired) electrons. The SMILES string of the molecule is CCOc1ccccc1NC(=O)C(C)NC(=O)C(C)(C)C. The molecule has 0 saturated heterocycles. The first-order chi connectivity index (χ1) is 9.75. The van der Waals surface area contributed by atoms with E-state index in [0.717, 1.165) is 0 Å². The molecule has 116 valence electrons. The first-order valence-electron chi connectivity index (χ1n) is 7.09. The Morgan fingerprint density at radius 2 is 1.86 bits per heavy atom. The van der Waals surface area contributed by atoms with Crippen molar-refractivity contribution in [3.05, 3.63) is 24.3 Å². The maximum atomic E-state index is 12.1. The maximum Gasteiger partial charge on any atom is 0.246 e. The number of para-hydroxylation sites is 2. The molecule has 0 aliphatic heterocycles. The fourth-order valence-corrected chi connectivity index (χ4v) is 1.57. The average Bonchev–Trinajstić information content (AvgIpc) is 2.40. The number of amides is 2. The highest BCUT2D eigenvalue weighted by Gasteiger charge is 2.25. The van der Waals surface area contributed by atoms with Crippen molar-refractivity contribution in [2.75, 3.05) is 11.9 Å². The summed E-state index contributed by atoms with van der Waals surface area (Å²) in [4.78, 5) is 24.0. The molecule has 1 aromatic rings. The van der Waals surface area contributed by atoms with Crippen LogP contribution in [0.15, 0.2) is 24.3 Å². The molecule has 0 heterocycles. The van der Waals surface area contributed by atoms with Crippen molar-refractivity contribution in [1.29, 1.82) is 0 Å². The van der Waals surface area contributed by atoms with Gasteiger partial charge in [0, 0.05) is 5.41 Å². The lowest BCUT2D eigenvalue weighted by molar-refractivity contribution is -0.131. The lowest BCUT2D eigenvalue weighted by Gasteiger charge is -2.21. The minimum absolute atomic E-state index is 0.164. The Kier molecular flexibility index (Phi) is 5.76. The molecular weight excluding hydrogens is 268 g/mol. The predicted molar refractivity (Wildman–Crippen MR) is 83.3 cm³/mol. The van der Waals surface area contributed by atoms with Gasteiger partial charge in [0.1, 0.15) is 11.8 Å². The van der Waals surface area contributed by atoms with Gasteiger partial charge in [0.2, 0.25) is 11.8 Å². The molecular formula is C16H24N2O3. The Hall–Kier alpha value is -2.04. The largest absolute Gasteiger partial charge is 0.492 e. The van der Waals surface area contributed by atoms with E-state index >= 15 is 0 Å². The van der Waals surface area contributed by atoms with Crippen molar-refractivity contribution in [3.8, 4) is 5.75 Å². The lowest BCUT2D eigenvalue weighted by atomic mass is 9.95. The molecule has 0 aromatic heterocycles. The van der Waals surface area contributed by atoms with E-state index in [4.69, 9.17) is 4.74 Å². The van der Waals surface area contributed by atoms with Crippen molar-refractivity contribution >= 4 is 17.5 Å². The van der Waals surface area contributed by atoms with Crippen LogP contribution in [0.5, 0.6) is 5.75 Å². The molecule has 0 aliphatic carbocycles. The third-order valence-corrected chi connectivity index (χ3v) is 2.87. The Morgan fingerprint density at radius 3 is 2.43 bits per heavy atom. The van der Waals surface area contributed by atoms with Gasteiger partial charge in [-0.15, -0.1) is 0 Å². The van der Waals surface area contributed by atoms with Crippen LogP contribution in [0.1, 0.15) is 34.6 Å². The third kappa shape index (κ3) is 5.10. The van der Waals surface area contributed by atoms with Crippen LogP contribution in [0, 0.1) is 5.41 Å². The molecule has 1 unspecified atom stereocenters. The molecule has 1 aromatic carbocycles. The van der Waals surface area contributed by atoms with E-state index in [-0.39, 0.29) is 11.8 Å². The zero-order valence-corrected chi connectivity index (χ0v) is 13.3. The molecule has 2 N–H and O–H groups in total. The summed E-state index contributed by atoms with van der Waals surface area (Å²) in [7, 11) is 0. The lowest BCUT2D eigenvalue weighted by Crippen LogP contribution is -2.46. The summed E-state index contributed by atoms with van der Waals surface area (Å²) in [6, 6.07) is 6.59. The van der Waals surface area contributed by atoms with Gasteiger partial charge in [-0.05, 0) is 26.0 Å². The number of hydrogen-bond donors (Lipinski definition) is 2. The third-order valence-electron chi connectivity index (χ3n) is 2.87. The highest BCUT2D eigenvalue weighted by Crippen LogP contribution is 2.23. The summed E-state index contributed by atoms with van der Waals surface area (Å²) >= 11 is 0. The second-order valence-electron chi connectivity index (χ2n) is 5.86. The first-order valence-corrected chi connectivity index (χ1v) is 7.09. The molecule has 0 bridgehead atoms. The maximum absolute atomic E-state index is 12.1. The minimum atomic E-state index is -0.619. The average molecular weight is 292 g/mol. The van der Waals surface area contributed by atoms with Crippen molar-refractivity contribution in [3.63, 3.8) is 0 Å². The van der Waals surface area contributed by atoms with Crippen LogP contribution in [0.4, 0.5) is 5.69 Å². The highest BCUT2D eigenvalue weighted by atomic mass is 16.5. The zero-order valence-electron chi connectivity index (χ0n) is 13.3. The monoisotopic (exact) mass is 292 g/mol. The fourth-order valence-electron chi connectivity index (χ4n) is 1.57. The molecule has 0 saturated carbocycles. The van der Waals surface area contributed by atoms with Crippen molar-refractivity contribution in [2.24, 2.45) is 5.41 Å². The zero-order chi connectivity index (χ0) is 16.0. The molecule has 5 nitrogen and oxygen atoms in total. The van der Waals surface area contributed by atoms with Crippen LogP contribution in [-0.2, 0) is 9.59 Å². The van der Waals surface area contributed by atoms with Crippen LogP contribution < -0.4 is 15.4 Å². The number of benzene rings is 1. The summed E-state index contributed by atoms with van der Waals surface area (Å²) in [6.07, 6.45) is 0. The van der Waals surface area contributed by atoms with Gasteiger partial charge in [-0.25, -0.2) is 0 Å². The van der Waals surface area contributed by atoms with Crippen molar-refractivity contribution in [1.82, 2.24) is 5.32 Å². The van der Waals surface area contributed by atoms with Gasteiger partial charge in [0.05, 0.1) is 12.3 Å². The molecule has 2 amide bonds. The van der Waals surface area contributed by atoms with Gasteiger partial charge in [-0.1, -0.05) is 32.9 Å². The molecule has 21 heavy (non-hydrogen) atoms. The van der Waals surface area contributed by atoms with Crippen LogP contribution in [-0.4, -0.2) is 24.5 Å². The van der Waals surface area contributed by atoms with Crippen LogP contribution >= 0.6 is 0 Å². The van der Waals surface area contributed by atoms with E-state index < -0.39 is 11.5 Å². The number of ether oxygens (including phenoxy) is 1. The highest BCUT2D eigenvalue weighted by molar-refractivity contribution is 5.98. The predicted octanol–water partition coefficient (Wildman–Crippen LogP) is 2.57. The van der Waals surface area contributed by atoms with Gasteiger partial charge in [-0.2, -0.15) is 0 Å². The van der Waals surface area contributed by atoms with E-state index in [0.29, 0.717) is 18.0 Å². The minimum Gasteiger partial charge on any atom is -0.492 e. The van der Waals surface area contributed by atoms with E-state index in [1.165, 1.54) is 0 Å². The number of carbonyl (C=O) groups excluding carboxylic acids is 2. The number of anilines is 1. The van der Waals surface area contributed by atoms with Crippen LogP contribution in [0.25, 0.3) is 0 Å². The molecule has 0 aliphatic rings. The second kappa shape index (κ2) is 7.11. The number of rotatable bonds is 5. The van der Waals surface area contributed by atoms with E-state index in [1.54, 1.807) is 39.8 Å². The van der Waals surface area contributed by atoms with Gasteiger partial charge in [0.25, 0.3) is 0 Å². The Balaban J connectivity index is 2.71. The quantitative estimate of drug-likeness (QED) is 0.876. The van der Waals surface area contributed by atoms with Gasteiger partial charge >= 0.3 is 0 Å². The molecule has 0 fully saturated rings. The van der Waals surface area contributed by atoms with Crippen molar-refractivity contribution < 1.29 is 14.3 Å². The first kappa shape index (κ1) is 17.0. The molecule has 1 atom stereocenters. The Labute approximate surface area is 126 Å². The Bertz CT molecular complexity index is 506. The standard InChI is InChI=1S/C16H24N2O3/c1-6-21-13-10-8-7-9-12(13)18-14(19)11(2)17-15(20)16(3,4)5/h7-11H,6H2,1-5H3,(H,17,20)(H,18,19). The van der Waals surface area contributed by atoms with Crippen molar-refractivity contribution in [2.45, 2.75) is 40.7 Å². The fraction of sp³-hybridized carbons (Fsp3) is 0.500. The van der Waals surface area contributed by atoms with Gasteiger partial charge < -0.3 is 15.4 Å². The summed E-state index contributed by atoms with van der Waals surface area (Å²) in [5, 5.41) is 5.47. The summed E-state index contributed by atoms with van der Waals surface area (Å²) < 4.78 is 5.45. The van der Waals surface area contributed by atoms with E-state index in [2.05, 4.69) is 10.6 Å². The van der Waals surface area contributed by atoms with Crippen LogP contribution in [0.2, 0.25) is 0 Å². The topological polar surface area (TPSA) is 67.4 Å². The Morgan fingerprint density at radius 1 is 1.24 bits per heavy atom. The normalized spacial score (nSPS) is 12.4. The van der Waals surface area contributed by atoms with E-state index in [9.17, 15) is 9.59 Å². The van der Waals surface area contributed by atoms with Gasteiger partial charge in [0.15, 0.2) is 0 Å². The smallest absolute Gasteiger partial charge is 0.246 e. The molecule has 1 rings (SSSR count). The molecule has 5 heteroatoms. The number of nitrogens with one attached hydrogen (secondary N) is 2. The van der Waals surface area contributed by atoms with Crippen LogP contribution in [0.3, 0.4) is 0 Å². The number of carbonyl (C=O) groups is 2. The summed E-state index contributed by atoms with van der Waals surface area (Å²) in [5.41, 5.74) is 0.0683. The molecule has 0 spiro atoms.